The van der Waals surface area contributed by atoms with E-state index < -0.39 is 16.1 Å². The van der Waals surface area contributed by atoms with Crippen molar-refractivity contribution in [3.63, 3.8) is 0 Å². The molecule has 1 aliphatic rings. The monoisotopic (exact) mass is 287 g/mol. The highest BCUT2D eigenvalue weighted by atomic mass is 32.2. The maximum Gasteiger partial charge on any atom is 0.243 e. The van der Waals surface area contributed by atoms with Crippen molar-refractivity contribution in [2.24, 2.45) is 0 Å². The number of phenolic OH excluding ortho intramolecular Hbond substituents is 1. The Hall–Kier alpha value is -1.15. The SMILES string of the molecule is CC1COC(CO)CN1S(=O)(=O)c1cccc(O)c1. The first-order chi connectivity index (χ1) is 8.95. The van der Waals surface area contributed by atoms with Crippen LogP contribution >= 0.6 is 0 Å². The summed E-state index contributed by atoms with van der Waals surface area (Å²) >= 11 is 0. The topological polar surface area (TPSA) is 87.1 Å². The second-order valence-corrected chi connectivity index (χ2v) is 6.45. The Morgan fingerprint density at radius 2 is 2.21 bits per heavy atom. The Labute approximate surface area is 112 Å². The molecule has 6 nitrogen and oxygen atoms in total. The first kappa shape index (κ1) is 14.3. The molecule has 7 heteroatoms. The summed E-state index contributed by atoms with van der Waals surface area (Å²) in [6.07, 6.45) is -0.511. The number of nitrogens with zero attached hydrogens (tertiary/aromatic N) is 1. The Kier molecular flexibility index (Phi) is 4.10. The van der Waals surface area contributed by atoms with Gasteiger partial charge in [-0.05, 0) is 25.1 Å². The van der Waals surface area contributed by atoms with Crippen molar-refractivity contribution in [3.8, 4) is 5.75 Å². The molecule has 0 bridgehead atoms. The summed E-state index contributed by atoms with van der Waals surface area (Å²) in [7, 11) is -3.69. The van der Waals surface area contributed by atoms with Crippen LogP contribution in [-0.2, 0) is 14.8 Å². The number of rotatable bonds is 3. The molecule has 1 fully saturated rings. The van der Waals surface area contributed by atoms with E-state index in [9.17, 15) is 13.5 Å². The van der Waals surface area contributed by atoms with E-state index in [0.29, 0.717) is 0 Å². The van der Waals surface area contributed by atoms with Gasteiger partial charge in [-0.3, -0.25) is 0 Å². The molecule has 2 unspecified atom stereocenters. The highest BCUT2D eigenvalue weighted by Gasteiger charge is 2.35. The summed E-state index contributed by atoms with van der Waals surface area (Å²) in [6, 6.07) is 5.24. The Morgan fingerprint density at radius 3 is 2.84 bits per heavy atom. The summed E-state index contributed by atoms with van der Waals surface area (Å²) in [5.74, 6) is -0.0966. The van der Waals surface area contributed by atoms with E-state index in [4.69, 9.17) is 9.84 Å². The molecule has 1 heterocycles. The molecule has 0 aromatic heterocycles. The largest absolute Gasteiger partial charge is 0.508 e. The Bertz CT molecular complexity index is 545. The predicted molar refractivity (Wildman–Crippen MR) is 68.3 cm³/mol. The van der Waals surface area contributed by atoms with Crippen LogP contribution in [0.3, 0.4) is 0 Å². The molecule has 106 valence electrons. The molecule has 2 atom stereocenters. The number of ether oxygens (including phenoxy) is 1. The molecule has 0 aliphatic carbocycles. The average molecular weight is 287 g/mol. The van der Waals surface area contributed by atoms with E-state index in [-0.39, 0.29) is 36.4 Å². The third kappa shape index (κ3) is 2.89. The standard InChI is InChI=1S/C12H17NO5S/c1-9-8-18-11(7-14)6-13(9)19(16,17)12-4-2-3-10(15)5-12/h2-5,9,11,14-15H,6-8H2,1H3. The molecule has 1 saturated heterocycles. The fourth-order valence-electron chi connectivity index (χ4n) is 2.02. The fraction of sp³-hybridized carbons (Fsp3) is 0.500. The predicted octanol–water partition coefficient (Wildman–Crippen LogP) is 0.162. The van der Waals surface area contributed by atoms with Gasteiger partial charge in [0.05, 0.1) is 24.2 Å². The van der Waals surface area contributed by atoms with Crippen LogP contribution in [0.2, 0.25) is 0 Å². The van der Waals surface area contributed by atoms with Gasteiger partial charge < -0.3 is 14.9 Å². The van der Waals surface area contributed by atoms with Crippen LogP contribution < -0.4 is 0 Å². The molecule has 0 radical (unpaired) electrons. The summed E-state index contributed by atoms with van der Waals surface area (Å²) in [5, 5.41) is 18.5. The minimum Gasteiger partial charge on any atom is -0.508 e. The normalized spacial score (nSPS) is 25.4. The molecule has 1 aromatic rings. The maximum absolute atomic E-state index is 12.5. The Morgan fingerprint density at radius 1 is 1.47 bits per heavy atom. The van der Waals surface area contributed by atoms with Gasteiger partial charge in [0.1, 0.15) is 5.75 Å². The number of aliphatic hydroxyl groups excluding tert-OH is 1. The fourth-order valence-corrected chi connectivity index (χ4v) is 3.70. The third-order valence-electron chi connectivity index (χ3n) is 3.08. The minimum absolute atomic E-state index is 0.0398. The molecule has 0 saturated carbocycles. The van der Waals surface area contributed by atoms with Crippen LogP contribution in [0.5, 0.6) is 5.75 Å². The van der Waals surface area contributed by atoms with Crippen molar-refractivity contribution in [2.75, 3.05) is 19.8 Å². The Balaban J connectivity index is 2.32. The molecule has 19 heavy (non-hydrogen) atoms. The van der Waals surface area contributed by atoms with Crippen LogP contribution in [0.15, 0.2) is 29.2 Å². The van der Waals surface area contributed by atoms with Crippen LogP contribution in [0, 0.1) is 0 Å². The number of benzene rings is 1. The van der Waals surface area contributed by atoms with E-state index in [0.717, 1.165) is 0 Å². The van der Waals surface area contributed by atoms with Gasteiger partial charge in [-0.15, -0.1) is 0 Å². The maximum atomic E-state index is 12.5. The highest BCUT2D eigenvalue weighted by molar-refractivity contribution is 7.89. The highest BCUT2D eigenvalue weighted by Crippen LogP contribution is 2.24. The zero-order valence-corrected chi connectivity index (χ0v) is 11.4. The number of aliphatic hydroxyl groups is 1. The van der Waals surface area contributed by atoms with Crippen LogP contribution in [0.1, 0.15) is 6.92 Å². The number of phenols is 1. The van der Waals surface area contributed by atoms with Crippen molar-refractivity contribution < 1.29 is 23.4 Å². The molecule has 0 amide bonds. The lowest BCUT2D eigenvalue weighted by Gasteiger charge is -2.36. The van der Waals surface area contributed by atoms with Gasteiger partial charge in [-0.1, -0.05) is 6.07 Å². The summed E-state index contributed by atoms with van der Waals surface area (Å²) in [5.41, 5.74) is 0. The second kappa shape index (κ2) is 5.46. The number of sulfonamides is 1. The molecule has 1 aliphatic heterocycles. The molecule has 0 spiro atoms. The van der Waals surface area contributed by atoms with Gasteiger partial charge in [-0.2, -0.15) is 4.31 Å². The van der Waals surface area contributed by atoms with Gasteiger partial charge >= 0.3 is 0 Å². The van der Waals surface area contributed by atoms with Gasteiger partial charge in [0.25, 0.3) is 0 Å². The van der Waals surface area contributed by atoms with Gasteiger partial charge in [0.2, 0.25) is 10.0 Å². The van der Waals surface area contributed by atoms with Crippen molar-refractivity contribution in [2.45, 2.75) is 24.0 Å². The van der Waals surface area contributed by atoms with E-state index in [1.54, 1.807) is 6.92 Å². The summed E-state index contributed by atoms with van der Waals surface area (Å²) < 4.78 is 31.6. The van der Waals surface area contributed by atoms with E-state index in [1.165, 1.54) is 28.6 Å². The first-order valence-corrected chi connectivity index (χ1v) is 7.42. The quantitative estimate of drug-likeness (QED) is 0.827. The molecular formula is C12H17NO5S. The second-order valence-electron chi connectivity index (χ2n) is 4.56. The van der Waals surface area contributed by atoms with Crippen molar-refractivity contribution in [3.05, 3.63) is 24.3 Å². The number of hydrogen-bond donors (Lipinski definition) is 2. The van der Waals surface area contributed by atoms with E-state index in [2.05, 4.69) is 0 Å². The van der Waals surface area contributed by atoms with Gasteiger partial charge in [0, 0.05) is 12.6 Å². The minimum atomic E-state index is -3.69. The zero-order valence-electron chi connectivity index (χ0n) is 10.6. The average Bonchev–Trinajstić information content (AvgIpc) is 2.39. The molecule has 1 aromatic carbocycles. The molecular weight excluding hydrogens is 270 g/mol. The van der Waals surface area contributed by atoms with Crippen LogP contribution in [0.4, 0.5) is 0 Å². The van der Waals surface area contributed by atoms with Crippen molar-refractivity contribution >= 4 is 10.0 Å². The zero-order chi connectivity index (χ0) is 14.0. The lowest BCUT2D eigenvalue weighted by atomic mass is 10.2. The van der Waals surface area contributed by atoms with Crippen molar-refractivity contribution in [1.82, 2.24) is 4.31 Å². The number of aromatic hydroxyl groups is 1. The number of hydrogen-bond acceptors (Lipinski definition) is 5. The van der Waals surface area contributed by atoms with Crippen LogP contribution in [0.25, 0.3) is 0 Å². The molecule has 2 rings (SSSR count). The molecule has 2 N–H and O–H groups in total. The smallest absolute Gasteiger partial charge is 0.243 e. The first-order valence-electron chi connectivity index (χ1n) is 5.98. The van der Waals surface area contributed by atoms with Crippen LogP contribution in [-0.4, -0.2) is 54.8 Å². The van der Waals surface area contributed by atoms with Gasteiger partial charge in [0.15, 0.2) is 0 Å². The lowest BCUT2D eigenvalue weighted by molar-refractivity contribution is -0.0516. The van der Waals surface area contributed by atoms with E-state index >= 15 is 0 Å². The van der Waals surface area contributed by atoms with Gasteiger partial charge in [-0.25, -0.2) is 8.42 Å². The summed E-state index contributed by atoms with van der Waals surface area (Å²) in [4.78, 5) is 0.0398. The lowest BCUT2D eigenvalue weighted by Crippen LogP contribution is -2.51. The summed E-state index contributed by atoms with van der Waals surface area (Å²) in [6.45, 7) is 1.87. The van der Waals surface area contributed by atoms with E-state index in [1.807, 2.05) is 0 Å². The third-order valence-corrected chi connectivity index (χ3v) is 5.05. The number of morpholine rings is 1. The van der Waals surface area contributed by atoms with Crippen molar-refractivity contribution in [1.29, 1.82) is 0 Å².